The fraction of sp³-hybridized carbons (Fsp3) is 0.462. The number of nitrogens with zero attached hydrogens (tertiary/aromatic N) is 1. The van der Waals surface area contributed by atoms with Gasteiger partial charge in [-0.1, -0.05) is 6.07 Å². The standard InChI is InChI=1S/C13H17BrN2OS/c1-5-7-11(16-18(17)13(2,3)4)10-8-6-9-12(14)15-10/h1,6,8-9,11,16H,7H2,2-4H3/t11-,18-/m0/s1. The molecule has 98 valence electrons. The highest BCUT2D eigenvalue weighted by Gasteiger charge is 2.30. The van der Waals surface area contributed by atoms with Gasteiger partial charge in [0.15, 0.2) is 0 Å². The van der Waals surface area contributed by atoms with E-state index in [0.29, 0.717) is 6.42 Å². The minimum atomic E-state index is -1.18. The van der Waals surface area contributed by atoms with E-state index in [2.05, 4.69) is 31.6 Å². The van der Waals surface area contributed by atoms with Gasteiger partial charge in [-0.15, -0.1) is 17.1 Å². The van der Waals surface area contributed by atoms with E-state index in [9.17, 15) is 4.55 Å². The Morgan fingerprint density at radius 2 is 2.22 bits per heavy atom. The Morgan fingerprint density at radius 3 is 2.72 bits per heavy atom. The van der Waals surface area contributed by atoms with Crippen LogP contribution in [0.25, 0.3) is 0 Å². The third-order valence-corrected chi connectivity index (χ3v) is 4.27. The van der Waals surface area contributed by atoms with Crippen molar-refractivity contribution in [2.45, 2.75) is 38.0 Å². The maximum atomic E-state index is 12.1. The van der Waals surface area contributed by atoms with Gasteiger partial charge < -0.3 is 4.55 Å². The molecule has 0 aliphatic carbocycles. The molecular formula is C13H17BrN2OS. The molecule has 1 aromatic rings. The summed E-state index contributed by atoms with van der Waals surface area (Å²) >= 11 is 2.14. The molecule has 5 heteroatoms. The normalized spacial score (nSPS) is 14.9. The maximum Gasteiger partial charge on any atom is 0.136 e. The lowest BCUT2D eigenvalue weighted by Crippen LogP contribution is -2.41. The van der Waals surface area contributed by atoms with Crippen LogP contribution in [0.1, 0.15) is 38.9 Å². The molecule has 0 saturated carbocycles. The van der Waals surface area contributed by atoms with Crippen molar-refractivity contribution in [1.82, 2.24) is 9.71 Å². The minimum absolute atomic E-state index is 0.201. The Balaban J connectivity index is 2.87. The summed E-state index contributed by atoms with van der Waals surface area (Å²) in [6.45, 7) is 5.74. The quantitative estimate of drug-likeness (QED) is 0.525. The maximum absolute atomic E-state index is 12.1. The molecule has 1 N–H and O–H groups in total. The van der Waals surface area contributed by atoms with E-state index < -0.39 is 11.4 Å². The molecule has 0 fully saturated rings. The fourth-order valence-corrected chi connectivity index (χ4v) is 2.42. The van der Waals surface area contributed by atoms with Crippen LogP contribution in [0.4, 0.5) is 0 Å². The molecule has 18 heavy (non-hydrogen) atoms. The number of terminal acetylenes is 1. The zero-order chi connectivity index (χ0) is 13.8. The van der Waals surface area contributed by atoms with Crippen LogP contribution >= 0.6 is 15.9 Å². The van der Waals surface area contributed by atoms with Gasteiger partial charge in [-0.05, 0) is 48.8 Å². The molecular weight excluding hydrogens is 312 g/mol. The van der Waals surface area contributed by atoms with E-state index in [1.807, 2.05) is 39.0 Å². The summed E-state index contributed by atoms with van der Waals surface area (Å²) in [5.41, 5.74) is 0.792. The largest absolute Gasteiger partial charge is 0.598 e. The molecule has 1 rings (SSSR count). The fourth-order valence-electron chi connectivity index (χ4n) is 1.25. The summed E-state index contributed by atoms with van der Waals surface area (Å²) < 4.78 is 15.6. The highest BCUT2D eigenvalue weighted by molar-refractivity contribution is 9.10. The molecule has 1 heterocycles. The first kappa shape index (κ1) is 15.5. The summed E-state index contributed by atoms with van der Waals surface area (Å²) in [5.74, 6) is 2.59. The molecule has 0 saturated heterocycles. The predicted molar refractivity (Wildman–Crippen MR) is 79.2 cm³/mol. The van der Waals surface area contributed by atoms with Gasteiger partial charge in [0.25, 0.3) is 0 Å². The molecule has 2 atom stereocenters. The second-order valence-electron chi connectivity index (χ2n) is 4.84. The number of hydrogen-bond acceptors (Lipinski definition) is 3. The van der Waals surface area contributed by atoms with Crippen LogP contribution in [0.5, 0.6) is 0 Å². The number of pyridine rings is 1. The lowest BCUT2D eigenvalue weighted by Gasteiger charge is -2.27. The topological polar surface area (TPSA) is 48.0 Å². The van der Waals surface area contributed by atoms with Gasteiger partial charge in [-0.3, -0.25) is 0 Å². The zero-order valence-electron chi connectivity index (χ0n) is 10.7. The van der Waals surface area contributed by atoms with Gasteiger partial charge in [-0.2, -0.15) is 0 Å². The third kappa shape index (κ3) is 4.62. The Labute approximate surface area is 120 Å². The molecule has 0 radical (unpaired) electrons. The predicted octanol–water partition coefficient (Wildman–Crippen LogP) is 2.96. The van der Waals surface area contributed by atoms with Crippen molar-refractivity contribution in [3.05, 3.63) is 28.5 Å². The van der Waals surface area contributed by atoms with Gasteiger partial charge in [0.1, 0.15) is 15.4 Å². The number of halogens is 1. The Hall–Kier alpha value is -0.540. The lowest BCUT2D eigenvalue weighted by molar-refractivity contribution is 0.522. The van der Waals surface area contributed by atoms with E-state index in [0.717, 1.165) is 10.3 Å². The summed E-state index contributed by atoms with van der Waals surface area (Å²) in [6, 6.07) is 5.40. The van der Waals surface area contributed by atoms with Crippen molar-refractivity contribution in [2.75, 3.05) is 0 Å². The second-order valence-corrected chi connectivity index (χ2v) is 7.66. The SMILES string of the molecule is C#CC[C@H](N[S@@+]([O-])C(C)(C)C)c1cccc(Br)n1. The number of nitrogens with one attached hydrogen (secondary N) is 1. The van der Waals surface area contributed by atoms with Crippen molar-refractivity contribution in [3.63, 3.8) is 0 Å². The molecule has 1 aromatic heterocycles. The van der Waals surface area contributed by atoms with Crippen molar-refractivity contribution in [2.24, 2.45) is 0 Å². The number of hydrogen-bond donors (Lipinski definition) is 1. The number of aromatic nitrogens is 1. The van der Waals surface area contributed by atoms with E-state index in [1.165, 1.54) is 0 Å². The Morgan fingerprint density at radius 1 is 1.56 bits per heavy atom. The monoisotopic (exact) mass is 328 g/mol. The molecule has 0 aliphatic heterocycles. The van der Waals surface area contributed by atoms with Crippen molar-refractivity contribution in [3.8, 4) is 12.3 Å². The van der Waals surface area contributed by atoms with Gasteiger partial charge in [0.05, 0.1) is 5.69 Å². The van der Waals surface area contributed by atoms with Gasteiger partial charge in [-0.25, -0.2) is 4.98 Å². The first-order valence-electron chi connectivity index (χ1n) is 5.58. The van der Waals surface area contributed by atoms with Crippen LogP contribution < -0.4 is 4.72 Å². The molecule has 0 spiro atoms. The van der Waals surface area contributed by atoms with Crippen LogP contribution in [0.15, 0.2) is 22.8 Å². The Bertz CT molecular complexity index is 439. The molecule has 0 amide bonds. The van der Waals surface area contributed by atoms with Gasteiger partial charge in [0, 0.05) is 17.8 Å². The summed E-state index contributed by atoms with van der Waals surface area (Å²) in [4.78, 5) is 4.35. The molecule has 0 aromatic carbocycles. The van der Waals surface area contributed by atoms with Crippen molar-refractivity contribution < 1.29 is 4.55 Å². The highest BCUT2D eigenvalue weighted by atomic mass is 79.9. The van der Waals surface area contributed by atoms with E-state index in [1.54, 1.807) is 0 Å². The van der Waals surface area contributed by atoms with E-state index >= 15 is 0 Å². The van der Waals surface area contributed by atoms with Gasteiger partial charge in [0.2, 0.25) is 0 Å². The smallest absolute Gasteiger partial charge is 0.136 e. The molecule has 0 aliphatic rings. The minimum Gasteiger partial charge on any atom is -0.598 e. The van der Waals surface area contributed by atoms with Crippen molar-refractivity contribution in [1.29, 1.82) is 0 Å². The van der Waals surface area contributed by atoms with Crippen LogP contribution in [0.3, 0.4) is 0 Å². The molecule has 0 unspecified atom stereocenters. The van der Waals surface area contributed by atoms with Gasteiger partial charge >= 0.3 is 0 Å². The first-order valence-corrected chi connectivity index (χ1v) is 7.53. The Kier molecular flexibility index (Phi) is 5.67. The lowest BCUT2D eigenvalue weighted by atomic mass is 10.1. The number of rotatable bonds is 4. The van der Waals surface area contributed by atoms with E-state index in [4.69, 9.17) is 6.42 Å². The van der Waals surface area contributed by atoms with Crippen LogP contribution in [-0.2, 0) is 11.4 Å². The van der Waals surface area contributed by atoms with Crippen molar-refractivity contribution >= 4 is 27.3 Å². The average molecular weight is 329 g/mol. The molecule has 3 nitrogen and oxygen atoms in total. The summed E-state index contributed by atoms with van der Waals surface area (Å²) in [7, 11) is 0. The van der Waals surface area contributed by atoms with E-state index in [-0.39, 0.29) is 10.8 Å². The summed E-state index contributed by atoms with van der Waals surface area (Å²) in [6.07, 6.45) is 5.81. The first-order chi connectivity index (χ1) is 8.34. The highest BCUT2D eigenvalue weighted by Crippen LogP contribution is 2.22. The zero-order valence-corrected chi connectivity index (χ0v) is 13.1. The van der Waals surface area contributed by atoms with Crippen LogP contribution in [-0.4, -0.2) is 14.3 Å². The second kappa shape index (κ2) is 6.58. The third-order valence-electron chi connectivity index (χ3n) is 2.22. The van der Waals surface area contributed by atoms with Crippen LogP contribution in [0.2, 0.25) is 0 Å². The summed E-state index contributed by atoms with van der Waals surface area (Å²) in [5, 5.41) is 0. The average Bonchev–Trinajstić information content (AvgIpc) is 2.27. The van der Waals surface area contributed by atoms with Crippen LogP contribution in [0, 0.1) is 12.3 Å². The molecule has 0 bridgehead atoms.